The molecular formula is C42H36ClN3O7. The summed E-state index contributed by atoms with van der Waals surface area (Å²) >= 11 is 6.82. The molecule has 0 fully saturated rings. The largest absolute Gasteiger partial charge is 0.508 e. The lowest BCUT2D eigenvalue weighted by atomic mass is 9.96. The smallest absolute Gasteiger partial charge is 0.321 e. The maximum Gasteiger partial charge on any atom is 0.321 e. The SMILES string of the molecule is Cc1c(COc2cc(OCc3cccc(C#N)c3)c(CNC(Cc3c[nH]c4ccc(O)cc34)C(=O)O)cc2Cl)cccc1-c1ccc2c(c1)OCCO2. The van der Waals surface area contributed by atoms with Crippen molar-refractivity contribution >= 4 is 28.5 Å². The molecule has 268 valence electrons. The molecule has 0 saturated heterocycles. The van der Waals surface area contributed by atoms with Gasteiger partial charge in [0.1, 0.15) is 49.7 Å². The summed E-state index contributed by atoms with van der Waals surface area (Å²) in [5, 5.41) is 33.8. The number of hydrogen-bond donors (Lipinski definition) is 4. The number of rotatable bonds is 13. The third kappa shape index (κ3) is 8.02. The maximum atomic E-state index is 12.4. The van der Waals surface area contributed by atoms with E-state index < -0.39 is 12.0 Å². The predicted octanol–water partition coefficient (Wildman–Crippen LogP) is 8.09. The number of H-pyrrole nitrogens is 1. The van der Waals surface area contributed by atoms with Gasteiger partial charge in [-0.1, -0.05) is 48.0 Å². The lowest BCUT2D eigenvalue weighted by molar-refractivity contribution is -0.139. The zero-order valence-electron chi connectivity index (χ0n) is 28.8. The van der Waals surface area contributed by atoms with E-state index in [-0.39, 0.29) is 31.9 Å². The number of aromatic nitrogens is 1. The fourth-order valence-corrected chi connectivity index (χ4v) is 6.65. The van der Waals surface area contributed by atoms with Crippen LogP contribution in [0.2, 0.25) is 5.02 Å². The molecule has 0 amide bonds. The number of carboxylic acid groups (broad SMARTS) is 1. The maximum absolute atomic E-state index is 12.4. The van der Waals surface area contributed by atoms with Crippen LogP contribution >= 0.6 is 11.6 Å². The van der Waals surface area contributed by atoms with Crippen molar-refractivity contribution in [2.24, 2.45) is 0 Å². The van der Waals surface area contributed by atoms with Crippen LogP contribution in [0.15, 0.2) is 97.2 Å². The van der Waals surface area contributed by atoms with Gasteiger partial charge < -0.3 is 34.1 Å². The molecule has 0 spiro atoms. The summed E-state index contributed by atoms with van der Waals surface area (Å²) in [6.45, 7) is 3.58. The minimum Gasteiger partial charge on any atom is -0.508 e. The van der Waals surface area contributed by atoms with Crippen molar-refractivity contribution in [1.82, 2.24) is 10.3 Å². The predicted molar refractivity (Wildman–Crippen MR) is 201 cm³/mol. The number of aliphatic carboxylic acids is 1. The van der Waals surface area contributed by atoms with Crippen LogP contribution in [0, 0.1) is 18.3 Å². The quantitative estimate of drug-likeness (QED) is 0.0927. The molecule has 5 aromatic carbocycles. The molecule has 6 aromatic rings. The van der Waals surface area contributed by atoms with E-state index in [2.05, 4.69) is 22.4 Å². The van der Waals surface area contributed by atoms with E-state index in [1.54, 1.807) is 54.7 Å². The molecule has 2 heterocycles. The summed E-state index contributed by atoms with van der Waals surface area (Å²) < 4.78 is 24.1. The van der Waals surface area contributed by atoms with Crippen molar-refractivity contribution in [3.63, 3.8) is 0 Å². The normalized spacial score (nSPS) is 12.6. The first kappa shape index (κ1) is 35.3. The minimum absolute atomic E-state index is 0.0974. The molecule has 1 aromatic heterocycles. The minimum atomic E-state index is -1.03. The standard InChI is InChI=1S/C42H36ClN3O7/c1-25-29(6-3-7-33(25)28-8-11-38-41(17-28)51-13-12-50-38)24-53-40-19-39(52-23-27-5-2-4-26(14-27)20-44)31(15-35(40)43)22-46-37(42(48)49)16-30-21-45-36-10-9-32(47)18-34(30)36/h2-11,14-15,17-19,21,37,45-47H,12-13,16,22-24H2,1H3,(H,48,49). The van der Waals surface area contributed by atoms with Crippen LogP contribution in [0.1, 0.15) is 33.4 Å². The number of benzene rings is 5. The lowest BCUT2D eigenvalue weighted by Gasteiger charge is -2.20. The van der Waals surface area contributed by atoms with E-state index in [4.69, 9.17) is 30.5 Å². The second kappa shape index (κ2) is 15.6. The molecule has 1 atom stereocenters. The number of carbonyl (C=O) groups is 1. The third-order valence-corrected chi connectivity index (χ3v) is 9.56. The Morgan fingerprint density at radius 2 is 1.74 bits per heavy atom. The second-order valence-electron chi connectivity index (χ2n) is 12.7. The van der Waals surface area contributed by atoms with E-state index in [1.807, 2.05) is 43.3 Å². The Morgan fingerprint density at radius 3 is 2.57 bits per heavy atom. The number of aromatic hydroxyl groups is 1. The van der Waals surface area contributed by atoms with Gasteiger partial charge in [-0.3, -0.25) is 10.1 Å². The van der Waals surface area contributed by atoms with Crippen molar-refractivity contribution in [1.29, 1.82) is 5.26 Å². The summed E-state index contributed by atoms with van der Waals surface area (Å²) in [5.74, 6) is 1.36. The number of fused-ring (bicyclic) bond motifs is 2. The van der Waals surface area contributed by atoms with Crippen LogP contribution in [0.5, 0.6) is 28.7 Å². The molecule has 0 radical (unpaired) electrons. The summed E-state index contributed by atoms with van der Waals surface area (Å²) in [6, 6.07) is 28.6. The molecule has 7 rings (SSSR count). The third-order valence-electron chi connectivity index (χ3n) is 9.26. The first-order valence-corrected chi connectivity index (χ1v) is 17.4. The Balaban J connectivity index is 1.12. The van der Waals surface area contributed by atoms with Gasteiger partial charge in [0.2, 0.25) is 0 Å². The lowest BCUT2D eigenvalue weighted by Crippen LogP contribution is -2.38. The summed E-state index contributed by atoms with van der Waals surface area (Å²) in [4.78, 5) is 15.5. The van der Waals surface area contributed by atoms with Crippen molar-refractivity contribution in [3.8, 4) is 45.9 Å². The molecule has 1 aliphatic heterocycles. The van der Waals surface area contributed by atoms with Gasteiger partial charge in [-0.2, -0.15) is 5.26 Å². The van der Waals surface area contributed by atoms with E-state index in [9.17, 15) is 20.3 Å². The van der Waals surface area contributed by atoms with Crippen molar-refractivity contribution in [3.05, 3.63) is 136 Å². The Morgan fingerprint density at radius 1 is 0.925 bits per heavy atom. The Labute approximate surface area is 311 Å². The van der Waals surface area contributed by atoms with Crippen LogP contribution < -0.4 is 24.3 Å². The van der Waals surface area contributed by atoms with E-state index in [0.29, 0.717) is 40.9 Å². The van der Waals surface area contributed by atoms with Gasteiger partial charge in [-0.15, -0.1) is 0 Å². The van der Waals surface area contributed by atoms with Gasteiger partial charge in [0.25, 0.3) is 0 Å². The second-order valence-corrected chi connectivity index (χ2v) is 13.2. The average molecular weight is 730 g/mol. The van der Waals surface area contributed by atoms with Gasteiger partial charge >= 0.3 is 5.97 Å². The fourth-order valence-electron chi connectivity index (χ4n) is 6.40. The Hall–Kier alpha value is -6.15. The number of nitriles is 1. The first-order valence-electron chi connectivity index (χ1n) is 17.1. The summed E-state index contributed by atoms with van der Waals surface area (Å²) in [5.41, 5.74) is 7.52. The number of nitrogens with zero attached hydrogens (tertiary/aromatic N) is 1. The van der Waals surface area contributed by atoms with Gasteiger partial charge in [-0.05, 0) is 88.8 Å². The average Bonchev–Trinajstić information content (AvgIpc) is 3.57. The molecule has 1 unspecified atom stereocenters. The van der Waals surface area contributed by atoms with Crippen LogP contribution in [-0.2, 0) is 31.0 Å². The Bertz CT molecular complexity index is 2350. The highest BCUT2D eigenvalue weighted by Gasteiger charge is 2.22. The fraction of sp³-hybridized carbons (Fsp3) is 0.190. The molecular weight excluding hydrogens is 694 g/mol. The van der Waals surface area contributed by atoms with Gasteiger partial charge in [-0.25, -0.2) is 0 Å². The van der Waals surface area contributed by atoms with E-state index in [0.717, 1.165) is 55.8 Å². The van der Waals surface area contributed by atoms with Gasteiger partial charge in [0.05, 0.1) is 16.7 Å². The zero-order valence-corrected chi connectivity index (χ0v) is 29.6. The zero-order chi connectivity index (χ0) is 36.9. The number of phenolic OH excluding ortho intramolecular Hbond substituents is 1. The van der Waals surface area contributed by atoms with Crippen molar-refractivity contribution in [2.75, 3.05) is 13.2 Å². The van der Waals surface area contributed by atoms with E-state index >= 15 is 0 Å². The number of carboxylic acids is 1. The summed E-state index contributed by atoms with van der Waals surface area (Å²) in [6.07, 6.45) is 1.91. The van der Waals surface area contributed by atoms with E-state index in [1.165, 1.54) is 0 Å². The molecule has 4 N–H and O–H groups in total. The van der Waals surface area contributed by atoms with Gasteiger partial charge in [0, 0.05) is 41.7 Å². The number of hydrogen-bond acceptors (Lipinski definition) is 8. The number of aromatic amines is 1. The number of ether oxygens (including phenoxy) is 4. The van der Waals surface area contributed by atoms with Crippen LogP contribution in [-0.4, -0.2) is 40.4 Å². The highest BCUT2D eigenvalue weighted by molar-refractivity contribution is 6.32. The molecule has 53 heavy (non-hydrogen) atoms. The number of nitrogens with one attached hydrogen (secondary N) is 2. The summed E-state index contributed by atoms with van der Waals surface area (Å²) in [7, 11) is 0. The Kier molecular flexibility index (Phi) is 10.4. The molecule has 0 saturated carbocycles. The highest BCUT2D eigenvalue weighted by Crippen LogP contribution is 2.38. The number of phenols is 1. The molecule has 0 aliphatic carbocycles. The van der Waals surface area contributed by atoms with Crippen molar-refractivity contribution < 1.29 is 34.0 Å². The van der Waals surface area contributed by atoms with Crippen LogP contribution in [0.3, 0.4) is 0 Å². The molecule has 11 heteroatoms. The van der Waals surface area contributed by atoms with Crippen LogP contribution in [0.4, 0.5) is 0 Å². The highest BCUT2D eigenvalue weighted by atomic mass is 35.5. The molecule has 1 aliphatic rings. The first-order chi connectivity index (χ1) is 25.7. The van der Waals surface area contributed by atoms with Gasteiger partial charge in [0.15, 0.2) is 11.5 Å². The topological polar surface area (TPSA) is 146 Å². The molecule has 10 nitrogen and oxygen atoms in total. The number of halogens is 1. The monoisotopic (exact) mass is 729 g/mol. The van der Waals surface area contributed by atoms with Crippen molar-refractivity contribution in [2.45, 2.75) is 39.1 Å². The van der Waals surface area contributed by atoms with Crippen LogP contribution in [0.25, 0.3) is 22.0 Å². The molecule has 0 bridgehead atoms.